The highest BCUT2D eigenvalue weighted by molar-refractivity contribution is 7.90. The number of sulfonamides is 1. The number of hydrogen-bond donors (Lipinski definition) is 3. The minimum atomic E-state index is -4.25. The number of hydrogen-bond acceptors (Lipinski definition) is 8. The molecular weight excluding hydrogens is 466 g/mol. The first kappa shape index (κ1) is 24.5. The Morgan fingerprint density at radius 2 is 1.97 bits per heavy atom. The Balaban J connectivity index is 1.80. The van der Waals surface area contributed by atoms with Gasteiger partial charge in [0.25, 0.3) is 15.9 Å². The Kier molecular flexibility index (Phi) is 6.18. The second-order valence-corrected chi connectivity index (χ2v) is 11.0. The summed E-state index contributed by atoms with van der Waals surface area (Å²) in [5.74, 6) is -0.120. The summed E-state index contributed by atoms with van der Waals surface area (Å²) in [7, 11) is -4.25. The highest BCUT2D eigenvalue weighted by atomic mass is 32.2. The third-order valence-corrected chi connectivity index (χ3v) is 8.24. The Bertz CT molecular complexity index is 1400. The summed E-state index contributed by atoms with van der Waals surface area (Å²) in [6, 6.07) is 11.0. The molecule has 3 aromatic rings. The van der Waals surface area contributed by atoms with Crippen molar-refractivity contribution >= 4 is 27.6 Å². The van der Waals surface area contributed by atoms with Crippen LogP contribution in [0.25, 0.3) is 11.3 Å². The fraction of sp³-hybridized carbons (Fsp3) is 0.320. The van der Waals surface area contributed by atoms with Crippen LogP contribution in [-0.4, -0.2) is 41.5 Å². The van der Waals surface area contributed by atoms with Gasteiger partial charge in [-0.05, 0) is 81.1 Å². The van der Waals surface area contributed by atoms with Gasteiger partial charge in [0.05, 0.1) is 11.3 Å². The van der Waals surface area contributed by atoms with E-state index in [0.717, 1.165) is 17.5 Å². The average Bonchev–Trinajstić information content (AvgIpc) is 3.05. The number of nitrogens with zero attached hydrogens (tertiary/aromatic N) is 3. The molecule has 1 aliphatic rings. The molecule has 1 amide bonds. The predicted octanol–water partition coefficient (Wildman–Crippen LogP) is 3.48. The van der Waals surface area contributed by atoms with Crippen LogP contribution >= 0.6 is 0 Å². The fourth-order valence-corrected chi connectivity index (χ4v) is 5.44. The van der Waals surface area contributed by atoms with Crippen molar-refractivity contribution in [3.63, 3.8) is 0 Å². The number of phenols is 1. The molecule has 1 aromatic carbocycles. The van der Waals surface area contributed by atoms with Crippen molar-refractivity contribution in [2.75, 3.05) is 17.2 Å². The van der Waals surface area contributed by atoms with E-state index in [0.29, 0.717) is 24.0 Å². The monoisotopic (exact) mass is 495 g/mol. The number of nitrogens with one attached hydrogen (secondary N) is 1. The molecule has 35 heavy (non-hydrogen) atoms. The first-order valence-corrected chi connectivity index (χ1v) is 12.8. The molecule has 1 unspecified atom stereocenters. The molecule has 1 saturated heterocycles. The number of amides is 1. The molecule has 0 spiro atoms. The summed E-state index contributed by atoms with van der Waals surface area (Å²) >= 11 is 0. The van der Waals surface area contributed by atoms with E-state index in [1.807, 2.05) is 6.92 Å². The van der Waals surface area contributed by atoms with E-state index < -0.39 is 15.9 Å². The number of carbonyl (C=O) groups is 1. The number of aromatic hydroxyl groups is 1. The van der Waals surface area contributed by atoms with Gasteiger partial charge < -0.3 is 15.7 Å². The first-order valence-electron chi connectivity index (χ1n) is 11.3. The molecule has 0 radical (unpaired) electrons. The van der Waals surface area contributed by atoms with Gasteiger partial charge in [0, 0.05) is 23.8 Å². The SMILES string of the molecule is Cc1cc(O)ccc1-c1ccc(C(=O)NS(=O)(=O)c2cccnc2N)c(N2CCC(C)C2(C)C)n1. The second-order valence-electron chi connectivity index (χ2n) is 9.38. The molecule has 2 aromatic heterocycles. The van der Waals surface area contributed by atoms with Gasteiger partial charge in [-0.3, -0.25) is 4.79 Å². The number of rotatable bonds is 5. The molecule has 9 nitrogen and oxygen atoms in total. The maximum absolute atomic E-state index is 13.3. The van der Waals surface area contributed by atoms with Gasteiger partial charge in [0.2, 0.25) is 0 Å². The zero-order valence-corrected chi connectivity index (χ0v) is 20.9. The number of anilines is 2. The molecule has 0 bridgehead atoms. The van der Waals surface area contributed by atoms with Crippen LogP contribution in [0.5, 0.6) is 5.75 Å². The fourth-order valence-electron chi connectivity index (χ4n) is 4.39. The first-order chi connectivity index (χ1) is 16.4. The lowest BCUT2D eigenvalue weighted by atomic mass is 9.90. The van der Waals surface area contributed by atoms with Gasteiger partial charge in [-0.2, -0.15) is 0 Å². The lowest BCUT2D eigenvalue weighted by molar-refractivity contribution is 0.0981. The number of nitrogens with two attached hydrogens (primary N) is 1. The van der Waals surface area contributed by atoms with Crippen LogP contribution in [0, 0.1) is 12.8 Å². The highest BCUT2D eigenvalue weighted by Gasteiger charge is 2.41. The summed E-state index contributed by atoms with van der Waals surface area (Å²) in [6.07, 6.45) is 2.28. The maximum atomic E-state index is 13.3. The van der Waals surface area contributed by atoms with E-state index in [2.05, 4.69) is 35.4 Å². The topological polar surface area (TPSA) is 139 Å². The highest BCUT2D eigenvalue weighted by Crippen LogP contribution is 2.39. The van der Waals surface area contributed by atoms with E-state index in [-0.39, 0.29) is 27.6 Å². The third kappa shape index (κ3) is 4.53. The van der Waals surface area contributed by atoms with Crippen LogP contribution in [0.3, 0.4) is 0 Å². The van der Waals surface area contributed by atoms with Crippen molar-refractivity contribution in [3.8, 4) is 17.0 Å². The molecule has 0 aliphatic carbocycles. The summed E-state index contributed by atoms with van der Waals surface area (Å²) in [5, 5.41) is 9.80. The third-order valence-electron chi connectivity index (χ3n) is 6.87. The number of nitrogen functional groups attached to an aromatic ring is 1. The van der Waals surface area contributed by atoms with Crippen LogP contribution in [0.2, 0.25) is 0 Å². The van der Waals surface area contributed by atoms with E-state index in [1.54, 1.807) is 30.3 Å². The minimum Gasteiger partial charge on any atom is -0.508 e. The average molecular weight is 496 g/mol. The molecular formula is C25H29N5O4S. The predicted molar refractivity (Wildman–Crippen MR) is 135 cm³/mol. The van der Waals surface area contributed by atoms with Gasteiger partial charge in [0.15, 0.2) is 0 Å². The molecule has 0 saturated carbocycles. The molecule has 1 aliphatic heterocycles. The number of pyridine rings is 2. The standard InChI is InChI=1S/C25H29N5O4S/c1-15-14-17(31)7-8-18(15)20-10-9-19(23(28-20)30-13-11-16(2)25(30,3)4)24(32)29-35(33,34)21-6-5-12-27-22(21)26/h5-10,12,14,16,31H,11,13H2,1-4H3,(H2,26,27)(H,29,32). The summed E-state index contributed by atoms with van der Waals surface area (Å²) in [5.41, 5.74) is 7.80. The lowest BCUT2D eigenvalue weighted by Crippen LogP contribution is -2.43. The second kappa shape index (κ2) is 8.84. The Morgan fingerprint density at radius 3 is 2.60 bits per heavy atom. The summed E-state index contributed by atoms with van der Waals surface area (Å²) < 4.78 is 27.9. The van der Waals surface area contributed by atoms with E-state index in [9.17, 15) is 18.3 Å². The Hall–Kier alpha value is -3.66. The van der Waals surface area contributed by atoms with E-state index in [4.69, 9.17) is 10.7 Å². The van der Waals surface area contributed by atoms with Crippen molar-refractivity contribution < 1.29 is 18.3 Å². The van der Waals surface area contributed by atoms with Gasteiger partial charge in [-0.15, -0.1) is 0 Å². The van der Waals surface area contributed by atoms with Crippen molar-refractivity contribution in [2.24, 2.45) is 5.92 Å². The largest absolute Gasteiger partial charge is 0.508 e. The quantitative estimate of drug-likeness (QED) is 0.489. The molecule has 1 atom stereocenters. The molecule has 3 heterocycles. The number of benzene rings is 1. The van der Waals surface area contributed by atoms with Crippen molar-refractivity contribution in [2.45, 2.75) is 44.6 Å². The smallest absolute Gasteiger partial charge is 0.268 e. The number of aromatic nitrogens is 2. The Labute approximate surface area is 205 Å². The molecule has 1 fully saturated rings. The number of carbonyl (C=O) groups excluding carboxylic acids is 1. The Morgan fingerprint density at radius 1 is 1.23 bits per heavy atom. The van der Waals surface area contributed by atoms with Crippen LogP contribution in [-0.2, 0) is 10.0 Å². The summed E-state index contributed by atoms with van der Waals surface area (Å²) in [4.78, 5) is 23.7. The molecule has 4 rings (SSSR count). The number of aryl methyl sites for hydroxylation is 1. The van der Waals surface area contributed by atoms with Gasteiger partial charge in [-0.1, -0.05) is 6.92 Å². The van der Waals surface area contributed by atoms with Gasteiger partial charge >= 0.3 is 0 Å². The van der Waals surface area contributed by atoms with Gasteiger partial charge in [-0.25, -0.2) is 23.1 Å². The summed E-state index contributed by atoms with van der Waals surface area (Å²) in [6.45, 7) is 8.84. The molecule has 4 N–H and O–H groups in total. The van der Waals surface area contributed by atoms with E-state index in [1.165, 1.54) is 18.3 Å². The van der Waals surface area contributed by atoms with Crippen molar-refractivity contribution in [3.05, 3.63) is 59.8 Å². The normalized spacial score (nSPS) is 17.4. The van der Waals surface area contributed by atoms with Gasteiger partial charge in [0.1, 0.15) is 22.3 Å². The maximum Gasteiger partial charge on any atom is 0.268 e. The zero-order valence-electron chi connectivity index (χ0n) is 20.1. The van der Waals surface area contributed by atoms with Crippen molar-refractivity contribution in [1.82, 2.24) is 14.7 Å². The van der Waals surface area contributed by atoms with Crippen molar-refractivity contribution in [1.29, 1.82) is 0 Å². The molecule has 10 heteroatoms. The van der Waals surface area contributed by atoms with E-state index >= 15 is 0 Å². The number of phenolic OH excluding ortho intramolecular Hbond substituents is 1. The lowest BCUT2D eigenvalue weighted by Gasteiger charge is -2.36. The minimum absolute atomic E-state index is 0.137. The van der Waals surface area contributed by atoms with Crippen LogP contribution in [0.1, 0.15) is 43.1 Å². The zero-order chi connectivity index (χ0) is 25.5. The van der Waals surface area contributed by atoms with Crippen LogP contribution < -0.4 is 15.4 Å². The van der Waals surface area contributed by atoms with Crippen LogP contribution in [0.4, 0.5) is 11.6 Å². The van der Waals surface area contributed by atoms with Crippen LogP contribution in [0.15, 0.2) is 53.6 Å². The molecule has 184 valence electrons.